The Balaban J connectivity index is 1.85. The SMILES string of the molecule is CCCCOc1ccc(C(=O)NNC(=O)CNC(=O)c2cc(C)cc(C)c2)cc1OC. The summed E-state index contributed by atoms with van der Waals surface area (Å²) in [5.41, 5.74) is 7.28. The molecule has 8 nitrogen and oxygen atoms in total. The number of hydrazine groups is 1. The van der Waals surface area contributed by atoms with E-state index >= 15 is 0 Å². The number of hydrogen-bond acceptors (Lipinski definition) is 5. The van der Waals surface area contributed by atoms with Crippen LogP contribution in [-0.4, -0.2) is 38.0 Å². The molecule has 0 aliphatic heterocycles. The van der Waals surface area contributed by atoms with Gasteiger partial charge in [0.05, 0.1) is 20.3 Å². The summed E-state index contributed by atoms with van der Waals surface area (Å²) >= 11 is 0. The van der Waals surface area contributed by atoms with Crippen molar-refractivity contribution in [3.8, 4) is 11.5 Å². The average molecular weight is 428 g/mol. The van der Waals surface area contributed by atoms with Crippen molar-refractivity contribution in [1.82, 2.24) is 16.2 Å². The first-order valence-electron chi connectivity index (χ1n) is 10.1. The maximum atomic E-state index is 12.3. The van der Waals surface area contributed by atoms with Crippen LogP contribution in [0.4, 0.5) is 0 Å². The van der Waals surface area contributed by atoms with Crippen molar-refractivity contribution in [3.63, 3.8) is 0 Å². The molecule has 166 valence electrons. The number of ether oxygens (including phenoxy) is 2. The number of carbonyl (C=O) groups is 3. The molecule has 0 saturated carbocycles. The van der Waals surface area contributed by atoms with Gasteiger partial charge in [-0.25, -0.2) is 0 Å². The van der Waals surface area contributed by atoms with E-state index in [-0.39, 0.29) is 12.5 Å². The second-order valence-electron chi connectivity index (χ2n) is 7.13. The van der Waals surface area contributed by atoms with Crippen LogP contribution in [0.25, 0.3) is 0 Å². The highest BCUT2D eigenvalue weighted by atomic mass is 16.5. The molecule has 0 aromatic heterocycles. The van der Waals surface area contributed by atoms with Gasteiger partial charge in [0.25, 0.3) is 17.7 Å². The van der Waals surface area contributed by atoms with Crippen LogP contribution in [-0.2, 0) is 4.79 Å². The van der Waals surface area contributed by atoms with Crippen molar-refractivity contribution < 1.29 is 23.9 Å². The smallest absolute Gasteiger partial charge is 0.269 e. The molecule has 0 spiro atoms. The van der Waals surface area contributed by atoms with Gasteiger partial charge in [0, 0.05) is 11.1 Å². The Morgan fingerprint density at radius 1 is 0.871 bits per heavy atom. The molecule has 0 fully saturated rings. The average Bonchev–Trinajstić information content (AvgIpc) is 2.75. The molecule has 0 radical (unpaired) electrons. The monoisotopic (exact) mass is 427 g/mol. The fourth-order valence-electron chi connectivity index (χ4n) is 2.87. The van der Waals surface area contributed by atoms with Crippen molar-refractivity contribution >= 4 is 17.7 Å². The van der Waals surface area contributed by atoms with E-state index in [1.807, 2.05) is 19.9 Å². The Morgan fingerprint density at radius 2 is 1.58 bits per heavy atom. The number of amides is 3. The molecule has 2 aromatic carbocycles. The standard InChI is InChI=1S/C23H29N3O5/c1-5-6-9-31-19-8-7-17(13-20(19)30-4)23(29)26-25-21(27)14-24-22(28)18-11-15(2)10-16(3)12-18/h7-8,10-13H,5-6,9,14H2,1-4H3,(H,24,28)(H,25,27)(H,26,29). The summed E-state index contributed by atoms with van der Waals surface area (Å²) in [5, 5.41) is 2.53. The van der Waals surface area contributed by atoms with Gasteiger partial charge in [-0.3, -0.25) is 25.2 Å². The molecule has 0 unspecified atom stereocenters. The number of benzene rings is 2. The van der Waals surface area contributed by atoms with Crippen LogP contribution < -0.4 is 25.6 Å². The lowest BCUT2D eigenvalue weighted by Gasteiger charge is -2.12. The third-order valence-corrected chi connectivity index (χ3v) is 4.39. The topological polar surface area (TPSA) is 106 Å². The molecule has 0 heterocycles. The van der Waals surface area contributed by atoms with Gasteiger partial charge in [0.1, 0.15) is 0 Å². The van der Waals surface area contributed by atoms with Gasteiger partial charge in [0.2, 0.25) is 0 Å². The molecule has 3 amide bonds. The highest BCUT2D eigenvalue weighted by Gasteiger charge is 2.13. The van der Waals surface area contributed by atoms with E-state index in [1.165, 1.54) is 13.2 Å². The summed E-state index contributed by atoms with van der Waals surface area (Å²) in [4.78, 5) is 36.5. The first kappa shape index (κ1) is 23.7. The lowest BCUT2D eigenvalue weighted by molar-refractivity contribution is -0.120. The maximum absolute atomic E-state index is 12.3. The van der Waals surface area contributed by atoms with Crippen LogP contribution >= 0.6 is 0 Å². The first-order valence-corrected chi connectivity index (χ1v) is 10.1. The molecule has 0 bridgehead atoms. The minimum Gasteiger partial charge on any atom is -0.493 e. The Labute approximate surface area is 182 Å². The van der Waals surface area contributed by atoms with Gasteiger partial charge in [-0.2, -0.15) is 0 Å². The fraction of sp³-hybridized carbons (Fsp3) is 0.348. The molecule has 0 aliphatic rings. The number of nitrogens with one attached hydrogen (secondary N) is 3. The predicted molar refractivity (Wildman–Crippen MR) is 117 cm³/mol. The maximum Gasteiger partial charge on any atom is 0.269 e. The van der Waals surface area contributed by atoms with Crippen LogP contribution in [0.3, 0.4) is 0 Å². The van der Waals surface area contributed by atoms with E-state index in [2.05, 4.69) is 23.1 Å². The molecular formula is C23H29N3O5. The minimum absolute atomic E-state index is 0.278. The first-order chi connectivity index (χ1) is 14.8. The highest BCUT2D eigenvalue weighted by molar-refractivity contribution is 5.98. The van der Waals surface area contributed by atoms with Crippen molar-refractivity contribution in [2.45, 2.75) is 33.6 Å². The Kier molecular flexibility index (Phi) is 8.87. The van der Waals surface area contributed by atoms with Crippen molar-refractivity contribution in [1.29, 1.82) is 0 Å². The number of methoxy groups -OCH3 is 1. The third kappa shape index (κ3) is 7.33. The molecule has 0 atom stereocenters. The van der Waals surface area contributed by atoms with Crippen LogP contribution in [0.1, 0.15) is 51.6 Å². The van der Waals surface area contributed by atoms with E-state index in [1.54, 1.807) is 24.3 Å². The number of rotatable bonds is 9. The summed E-state index contributed by atoms with van der Waals surface area (Å²) in [6, 6.07) is 10.2. The van der Waals surface area contributed by atoms with Gasteiger partial charge in [-0.05, 0) is 50.6 Å². The van der Waals surface area contributed by atoms with Crippen molar-refractivity contribution in [2.24, 2.45) is 0 Å². The molecule has 31 heavy (non-hydrogen) atoms. The largest absolute Gasteiger partial charge is 0.493 e. The Bertz CT molecular complexity index is 923. The van der Waals surface area contributed by atoms with Crippen LogP contribution in [0.15, 0.2) is 36.4 Å². The van der Waals surface area contributed by atoms with Gasteiger partial charge >= 0.3 is 0 Å². The van der Waals surface area contributed by atoms with Crippen molar-refractivity contribution in [3.05, 3.63) is 58.7 Å². The van der Waals surface area contributed by atoms with E-state index in [9.17, 15) is 14.4 Å². The molecule has 0 saturated heterocycles. The minimum atomic E-state index is -0.558. The molecule has 2 rings (SSSR count). The summed E-state index contributed by atoms with van der Waals surface area (Å²) < 4.78 is 10.9. The van der Waals surface area contributed by atoms with Gasteiger partial charge < -0.3 is 14.8 Å². The zero-order valence-corrected chi connectivity index (χ0v) is 18.3. The Hall–Kier alpha value is -3.55. The highest BCUT2D eigenvalue weighted by Crippen LogP contribution is 2.28. The fourth-order valence-corrected chi connectivity index (χ4v) is 2.87. The second kappa shape index (κ2) is 11.6. The van der Waals surface area contributed by atoms with E-state index < -0.39 is 11.8 Å². The second-order valence-corrected chi connectivity index (χ2v) is 7.13. The molecule has 0 aliphatic carbocycles. The quantitative estimate of drug-likeness (QED) is 0.421. The lowest BCUT2D eigenvalue weighted by atomic mass is 10.1. The third-order valence-electron chi connectivity index (χ3n) is 4.39. The summed E-state index contributed by atoms with van der Waals surface area (Å²) in [6.07, 6.45) is 1.92. The van der Waals surface area contributed by atoms with Crippen molar-refractivity contribution in [2.75, 3.05) is 20.3 Å². The van der Waals surface area contributed by atoms with E-state index in [0.29, 0.717) is 29.2 Å². The normalized spacial score (nSPS) is 10.2. The molecule has 2 aromatic rings. The van der Waals surface area contributed by atoms with Crippen LogP contribution in [0.5, 0.6) is 11.5 Å². The van der Waals surface area contributed by atoms with Gasteiger partial charge in [0.15, 0.2) is 11.5 Å². The van der Waals surface area contributed by atoms with Gasteiger partial charge in [-0.15, -0.1) is 0 Å². The van der Waals surface area contributed by atoms with Crippen LogP contribution in [0.2, 0.25) is 0 Å². The zero-order chi connectivity index (χ0) is 22.8. The van der Waals surface area contributed by atoms with E-state index in [0.717, 1.165) is 24.0 Å². The summed E-state index contributed by atoms with van der Waals surface area (Å²) in [5.74, 6) is -0.469. The lowest BCUT2D eigenvalue weighted by Crippen LogP contribution is -2.46. The summed E-state index contributed by atoms with van der Waals surface area (Å²) in [6.45, 7) is 6.13. The van der Waals surface area contributed by atoms with Crippen LogP contribution in [0, 0.1) is 13.8 Å². The number of unbranched alkanes of at least 4 members (excludes halogenated alkanes) is 1. The number of aryl methyl sites for hydroxylation is 2. The molecule has 8 heteroatoms. The summed E-state index contributed by atoms with van der Waals surface area (Å²) in [7, 11) is 1.49. The zero-order valence-electron chi connectivity index (χ0n) is 18.3. The molecule has 3 N–H and O–H groups in total. The predicted octanol–water partition coefficient (Wildman–Crippen LogP) is 2.68. The van der Waals surface area contributed by atoms with E-state index in [4.69, 9.17) is 9.47 Å². The Morgan fingerprint density at radius 3 is 2.23 bits per heavy atom. The molecular weight excluding hydrogens is 398 g/mol. The number of carbonyl (C=O) groups excluding carboxylic acids is 3. The van der Waals surface area contributed by atoms with Gasteiger partial charge in [-0.1, -0.05) is 30.5 Å². The number of hydrogen-bond donors (Lipinski definition) is 3.